The van der Waals surface area contributed by atoms with Gasteiger partial charge in [0.15, 0.2) is 0 Å². The van der Waals surface area contributed by atoms with E-state index in [1.165, 1.54) is 17.3 Å². The van der Waals surface area contributed by atoms with Crippen LogP contribution in [-0.2, 0) is 0 Å². The van der Waals surface area contributed by atoms with E-state index >= 15 is 0 Å². The third-order valence-electron chi connectivity index (χ3n) is 1.64. The fourth-order valence-electron chi connectivity index (χ4n) is 0.849. The summed E-state index contributed by atoms with van der Waals surface area (Å²) in [7, 11) is 6.78. The van der Waals surface area contributed by atoms with E-state index < -0.39 is 0 Å². The van der Waals surface area contributed by atoms with Crippen molar-refractivity contribution in [3.63, 3.8) is 0 Å². The van der Waals surface area contributed by atoms with Crippen molar-refractivity contribution in [2.45, 2.75) is 18.9 Å². The first-order valence-electron chi connectivity index (χ1n) is 2.92. The molecular formula is C6H15NO. The second-order valence-electron chi connectivity index (χ2n) is 3.35. The van der Waals surface area contributed by atoms with Crippen LogP contribution in [0.5, 0.6) is 0 Å². The summed E-state index contributed by atoms with van der Waals surface area (Å²) in [6, 6.07) is 0.986. The predicted octanol–water partition coefficient (Wildman–Crippen LogP) is 0.678. The maximum atomic E-state index is 2.26. The van der Waals surface area contributed by atoms with Crippen LogP contribution in [0.1, 0.15) is 12.8 Å². The van der Waals surface area contributed by atoms with Crippen molar-refractivity contribution in [2.75, 3.05) is 21.1 Å². The molecule has 1 N–H and O–H groups in total. The Morgan fingerprint density at radius 2 is 1.50 bits per heavy atom. The van der Waals surface area contributed by atoms with Crippen molar-refractivity contribution in [3.05, 3.63) is 0 Å². The summed E-state index contributed by atoms with van der Waals surface area (Å²) < 4.78 is 1.17. The van der Waals surface area contributed by atoms with E-state index in [1.807, 2.05) is 0 Å². The minimum atomic E-state index is 0. The molecule has 0 bridgehead atoms. The van der Waals surface area contributed by atoms with E-state index in [9.17, 15) is 0 Å². The third kappa shape index (κ3) is 1.80. The molecule has 1 rings (SSSR count). The molecule has 1 aliphatic rings. The largest absolute Gasteiger partial charge is 0.870 e. The van der Waals surface area contributed by atoms with Crippen LogP contribution in [0.25, 0.3) is 0 Å². The molecule has 1 aliphatic carbocycles. The van der Waals surface area contributed by atoms with Crippen molar-refractivity contribution >= 4 is 0 Å². The van der Waals surface area contributed by atoms with Gasteiger partial charge in [-0.25, -0.2) is 0 Å². The van der Waals surface area contributed by atoms with Gasteiger partial charge in [0.25, 0.3) is 0 Å². The lowest BCUT2D eigenvalue weighted by atomic mass is 10.5. The lowest BCUT2D eigenvalue weighted by molar-refractivity contribution is -0.881. The predicted molar refractivity (Wildman–Crippen MR) is 33.0 cm³/mol. The first kappa shape index (κ1) is 7.92. The van der Waals surface area contributed by atoms with Crippen LogP contribution in [0.2, 0.25) is 0 Å². The third-order valence-corrected chi connectivity index (χ3v) is 1.64. The molecule has 0 unspecified atom stereocenters. The molecule has 0 aromatic carbocycles. The highest BCUT2D eigenvalue weighted by Gasteiger charge is 2.34. The van der Waals surface area contributed by atoms with Crippen molar-refractivity contribution in [3.8, 4) is 0 Å². The van der Waals surface area contributed by atoms with E-state index in [0.29, 0.717) is 0 Å². The van der Waals surface area contributed by atoms with Gasteiger partial charge in [0, 0.05) is 12.8 Å². The van der Waals surface area contributed by atoms with Gasteiger partial charge in [0.1, 0.15) is 0 Å². The Morgan fingerprint density at radius 3 is 1.50 bits per heavy atom. The molecule has 0 aliphatic heterocycles. The molecule has 50 valence electrons. The quantitative estimate of drug-likeness (QED) is 0.464. The van der Waals surface area contributed by atoms with E-state index in [0.717, 1.165) is 6.04 Å². The summed E-state index contributed by atoms with van der Waals surface area (Å²) in [5.74, 6) is 0. The molecular weight excluding hydrogens is 102 g/mol. The van der Waals surface area contributed by atoms with Gasteiger partial charge in [0.05, 0.1) is 27.2 Å². The van der Waals surface area contributed by atoms with E-state index in [1.54, 1.807) is 0 Å². The first-order chi connectivity index (χ1) is 3.11. The Kier molecular flexibility index (Phi) is 2.01. The topological polar surface area (TPSA) is 30.0 Å². The first-order valence-corrected chi connectivity index (χ1v) is 2.92. The fourth-order valence-corrected chi connectivity index (χ4v) is 0.849. The standard InChI is InChI=1S/C6H14N.H2O/c1-7(2,3)6-4-5-6;/h6H,4-5H2,1-3H3;1H2/q+1;/p-1. The van der Waals surface area contributed by atoms with Crippen LogP contribution in [0.3, 0.4) is 0 Å². The number of nitrogens with zero attached hydrogens (tertiary/aromatic N) is 1. The van der Waals surface area contributed by atoms with Gasteiger partial charge < -0.3 is 9.96 Å². The molecule has 1 fully saturated rings. The van der Waals surface area contributed by atoms with Gasteiger partial charge in [-0.1, -0.05) is 0 Å². The highest BCUT2D eigenvalue weighted by Crippen LogP contribution is 2.28. The summed E-state index contributed by atoms with van der Waals surface area (Å²) in [6.45, 7) is 0. The maximum Gasteiger partial charge on any atom is 0.0888 e. The van der Waals surface area contributed by atoms with Crippen molar-refractivity contribution in [2.24, 2.45) is 0 Å². The Morgan fingerprint density at radius 1 is 1.12 bits per heavy atom. The van der Waals surface area contributed by atoms with Crippen molar-refractivity contribution < 1.29 is 9.96 Å². The van der Waals surface area contributed by atoms with E-state index in [4.69, 9.17) is 0 Å². The lowest BCUT2D eigenvalue weighted by Crippen LogP contribution is -2.36. The van der Waals surface area contributed by atoms with E-state index in [-0.39, 0.29) is 5.48 Å². The molecule has 0 amide bonds. The van der Waals surface area contributed by atoms with Gasteiger partial charge in [-0.15, -0.1) is 0 Å². The molecule has 2 nitrogen and oxygen atoms in total. The summed E-state index contributed by atoms with van der Waals surface area (Å²) in [5.41, 5.74) is 0. The lowest BCUT2D eigenvalue weighted by Gasteiger charge is -2.22. The molecule has 0 aromatic heterocycles. The zero-order chi connectivity index (χ0) is 5.49. The Bertz CT molecular complexity index is 71.1. The van der Waals surface area contributed by atoms with Gasteiger partial charge >= 0.3 is 0 Å². The SMILES string of the molecule is C[N+](C)(C)C1CC1.[OH-]. The number of quaternary nitrogens is 1. The molecule has 0 radical (unpaired) electrons. The molecule has 0 atom stereocenters. The average Bonchev–Trinajstić information content (AvgIpc) is 1.99. The number of hydrogen-bond donors (Lipinski definition) is 0. The molecule has 8 heavy (non-hydrogen) atoms. The highest BCUT2D eigenvalue weighted by atomic mass is 16.0. The molecule has 1 saturated carbocycles. The Hall–Kier alpha value is -0.0800. The highest BCUT2D eigenvalue weighted by molar-refractivity contribution is 4.72. The second-order valence-corrected chi connectivity index (χ2v) is 3.35. The molecule has 0 aromatic rings. The van der Waals surface area contributed by atoms with Crippen LogP contribution in [0.4, 0.5) is 0 Å². The smallest absolute Gasteiger partial charge is 0.0888 e. The maximum absolute atomic E-state index is 2.26. The van der Waals surface area contributed by atoms with Gasteiger partial charge in [-0.3, -0.25) is 0 Å². The molecule has 0 heterocycles. The Labute approximate surface area is 51.0 Å². The van der Waals surface area contributed by atoms with E-state index in [2.05, 4.69) is 21.1 Å². The average molecular weight is 117 g/mol. The monoisotopic (exact) mass is 117 g/mol. The van der Waals surface area contributed by atoms with Crippen LogP contribution in [0, 0.1) is 0 Å². The summed E-state index contributed by atoms with van der Waals surface area (Å²) in [5, 5.41) is 0. The minimum Gasteiger partial charge on any atom is -0.870 e. The van der Waals surface area contributed by atoms with Gasteiger partial charge in [0.2, 0.25) is 0 Å². The second kappa shape index (κ2) is 2.03. The number of hydrogen-bond acceptors (Lipinski definition) is 1. The molecule has 0 saturated heterocycles. The van der Waals surface area contributed by atoms with Crippen LogP contribution >= 0.6 is 0 Å². The zero-order valence-electron chi connectivity index (χ0n) is 5.89. The Balaban J connectivity index is 0.000000490. The van der Waals surface area contributed by atoms with Crippen molar-refractivity contribution in [1.82, 2.24) is 0 Å². The zero-order valence-corrected chi connectivity index (χ0v) is 5.89. The summed E-state index contributed by atoms with van der Waals surface area (Å²) in [4.78, 5) is 0. The van der Waals surface area contributed by atoms with Gasteiger partial charge in [-0.2, -0.15) is 0 Å². The molecule has 2 heteroatoms. The van der Waals surface area contributed by atoms with Crippen LogP contribution < -0.4 is 0 Å². The number of rotatable bonds is 1. The summed E-state index contributed by atoms with van der Waals surface area (Å²) in [6.07, 6.45) is 2.90. The van der Waals surface area contributed by atoms with Gasteiger partial charge in [-0.05, 0) is 0 Å². The normalized spacial score (nSPS) is 19.9. The fraction of sp³-hybridized carbons (Fsp3) is 1.00. The van der Waals surface area contributed by atoms with Crippen LogP contribution in [0.15, 0.2) is 0 Å². The van der Waals surface area contributed by atoms with Crippen LogP contribution in [-0.4, -0.2) is 37.1 Å². The minimum absolute atomic E-state index is 0. The van der Waals surface area contributed by atoms with Crippen molar-refractivity contribution in [1.29, 1.82) is 0 Å². The summed E-state index contributed by atoms with van der Waals surface area (Å²) >= 11 is 0. The molecule has 0 spiro atoms.